The highest BCUT2D eigenvalue weighted by Crippen LogP contribution is 2.21. The molecule has 3 nitrogen and oxygen atoms in total. The summed E-state index contributed by atoms with van der Waals surface area (Å²) in [5, 5.41) is 3.70. The van der Waals surface area contributed by atoms with E-state index in [1.165, 1.54) is 0 Å². The van der Waals surface area contributed by atoms with Crippen LogP contribution in [0.15, 0.2) is 5.16 Å². The van der Waals surface area contributed by atoms with Gasteiger partial charge in [-0.3, -0.25) is 4.79 Å². The van der Waals surface area contributed by atoms with Crippen molar-refractivity contribution in [3.8, 4) is 0 Å². The van der Waals surface area contributed by atoms with Crippen molar-refractivity contribution in [2.75, 3.05) is 0 Å². The molecule has 0 saturated heterocycles. The van der Waals surface area contributed by atoms with Crippen molar-refractivity contribution in [2.45, 2.75) is 18.9 Å². The fourth-order valence-corrected chi connectivity index (χ4v) is 0.837. The highest BCUT2D eigenvalue weighted by molar-refractivity contribution is 6.65. The first-order valence-electron chi connectivity index (χ1n) is 2.46. The summed E-state index contributed by atoms with van der Waals surface area (Å²) >= 11 is 5.42. The molecule has 49 valence electrons. The normalized spacial score (nSPS) is 33.3. The molecule has 9 heavy (non-hydrogen) atoms. The standard InChI is InChI=1S/C5H5ClNO2/c1-5(3-8)2-4(6)7-9-5/h2H2,1H3. The Balaban J connectivity index is 2.63. The van der Waals surface area contributed by atoms with Crippen LogP contribution in [0.2, 0.25) is 0 Å². The number of oxime groups is 1. The molecule has 0 spiro atoms. The van der Waals surface area contributed by atoms with Gasteiger partial charge >= 0.3 is 0 Å². The first-order valence-corrected chi connectivity index (χ1v) is 2.84. The van der Waals surface area contributed by atoms with E-state index in [1.54, 1.807) is 13.2 Å². The Bertz CT molecular complexity index is 168. The van der Waals surface area contributed by atoms with Gasteiger partial charge in [-0.1, -0.05) is 16.8 Å². The summed E-state index contributed by atoms with van der Waals surface area (Å²) in [5.74, 6) is 0. The molecule has 1 radical (unpaired) electrons. The molecule has 1 atom stereocenters. The molecule has 0 amide bonds. The SMILES string of the molecule is CC1([C]=O)CC(Cl)=NO1. The minimum Gasteiger partial charge on any atom is -0.379 e. The summed E-state index contributed by atoms with van der Waals surface area (Å²) in [6.45, 7) is 1.58. The van der Waals surface area contributed by atoms with E-state index in [9.17, 15) is 4.79 Å². The van der Waals surface area contributed by atoms with Gasteiger partial charge in [0.15, 0.2) is 0 Å². The number of hydrogen-bond donors (Lipinski definition) is 0. The molecule has 1 aliphatic heterocycles. The van der Waals surface area contributed by atoms with Crippen LogP contribution in [0.3, 0.4) is 0 Å². The molecule has 4 heteroatoms. The average molecular weight is 147 g/mol. The van der Waals surface area contributed by atoms with Crippen LogP contribution in [0, 0.1) is 0 Å². The Morgan fingerprint density at radius 3 is 2.89 bits per heavy atom. The monoisotopic (exact) mass is 146 g/mol. The van der Waals surface area contributed by atoms with Gasteiger partial charge in [-0.2, -0.15) is 0 Å². The van der Waals surface area contributed by atoms with Crippen molar-refractivity contribution < 1.29 is 9.63 Å². The van der Waals surface area contributed by atoms with E-state index in [0.29, 0.717) is 11.6 Å². The van der Waals surface area contributed by atoms with Crippen LogP contribution in [0.5, 0.6) is 0 Å². The van der Waals surface area contributed by atoms with Crippen LogP contribution in [-0.2, 0) is 9.63 Å². The van der Waals surface area contributed by atoms with E-state index in [0.717, 1.165) is 0 Å². The molecule has 0 aromatic rings. The second-order valence-corrected chi connectivity index (χ2v) is 2.50. The van der Waals surface area contributed by atoms with Crippen molar-refractivity contribution in [1.82, 2.24) is 0 Å². The summed E-state index contributed by atoms with van der Waals surface area (Å²) in [6, 6.07) is 0. The molecule has 0 bridgehead atoms. The van der Waals surface area contributed by atoms with Gasteiger partial charge in [0.05, 0.1) is 6.42 Å². The molecule has 1 heterocycles. The summed E-state index contributed by atoms with van der Waals surface area (Å²) in [4.78, 5) is 14.7. The van der Waals surface area contributed by atoms with Crippen molar-refractivity contribution in [3.63, 3.8) is 0 Å². The molecule has 0 aliphatic carbocycles. The van der Waals surface area contributed by atoms with Gasteiger partial charge in [0.2, 0.25) is 11.9 Å². The predicted octanol–water partition coefficient (Wildman–Crippen LogP) is 0.827. The maximum absolute atomic E-state index is 10.1. The van der Waals surface area contributed by atoms with E-state index < -0.39 is 5.60 Å². The lowest BCUT2D eigenvalue weighted by atomic mass is 10.1. The molecule has 0 saturated carbocycles. The van der Waals surface area contributed by atoms with Gasteiger partial charge in [0, 0.05) is 0 Å². The largest absolute Gasteiger partial charge is 0.379 e. The molecule has 0 aromatic carbocycles. The van der Waals surface area contributed by atoms with Gasteiger partial charge in [-0.25, -0.2) is 0 Å². The lowest BCUT2D eigenvalue weighted by Gasteiger charge is -2.09. The van der Waals surface area contributed by atoms with Crippen molar-refractivity contribution in [1.29, 1.82) is 0 Å². The van der Waals surface area contributed by atoms with Crippen LogP contribution in [-0.4, -0.2) is 17.1 Å². The predicted molar refractivity (Wildman–Crippen MR) is 33.1 cm³/mol. The Morgan fingerprint density at radius 1 is 2.00 bits per heavy atom. The zero-order valence-corrected chi connectivity index (χ0v) is 5.60. The minimum absolute atomic E-state index is 0.320. The second-order valence-electron chi connectivity index (χ2n) is 2.07. The summed E-state index contributed by atoms with van der Waals surface area (Å²) in [7, 11) is 0. The second kappa shape index (κ2) is 1.99. The quantitative estimate of drug-likeness (QED) is 0.550. The van der Waals surface area contributed by atoms with Crippen LogP contribution in [0.1, 0.15) is 13.3 Å². The number of hydrogen-bond acceptors (Lipinski definition) is 3. The molecule has 1 unspecified atom stereocenters. The van der Waals surface area contributed by atoms with Crippen LogP contribution in [0.4, 0.5) is 0 Å². The maximum Gasteiger partial charge on any atom is 0.249 e. The number of halogens is 1. The Labute approximate surface area is 57.6 Å². The van der Waals surface area contributed by atoms with E-state index in [2.05, 4.69) is 9.99 Å². The van der Waals surface area contributed by atoms with E-state index in [-0.39, 0.29) is 0 Å². The Morgan fingerprint density at radius 2 is 2.67 bits per heavy atom. The van der Waals surface area contributed by atoms with E-state index in [4.69, 9.17) is 11.6 Å². The average Bonchev–Trinajstić information content (AvgIpc) is 2.13. The number of nitrogens with zero attached hydrogens (tertiary/aromatic N) is 1. The molecule has 0 N–H and O–H groups in total. The van der Waals surface area contributed by atoms with Crippen LogP contribution in [0.25, 0.3) is 0 Å². The fourth-order valence-electron chi connectivity index (χ4n) is 0.548. The summed E-state index contributed by atoms with van der Waals surface area (Å²) in [5.41, 5.74) is -0.933. The van der Waals surface area contributed by atoms with Gasteiger partial charge < -0.3 is 4.84 Å². The maximum atomic E-state index is 10.1. The zero-order chi connectivity index (χ0) is 6.91. The highest BCUT2D eigenvalue weighted by Gasteiger charge is 2.34. The third-order valence-corrected chi connectivity index (χ3v) is 1.25. The molecular formula is C5H5ClNO2. The zero-order valence-electron chi connectivity index (χ0n) is 4.85. The van der Waals surface area contributed by atoms with Gasteiger partial charge in [0.25, 0.3) is 0 Å². The lowest BCUT2D eigenvalue weighted by molar-refractivity contribution is 0.0502. The Hall–Kier alpha value is -0.570. The van der Waals surface area contributed by atoms with Crippen LogP contribution >= 0.6 is 11.6 Å². The third-order valence-electron chi connectivity index (χ3n) is 1.05. The van der Waals surface area contributed by atoms with Crippen molar-refractivity contribution in [2.24, 2.45) is 5.16 Å². The lowest BCUT2D eigenvalue weighted by Crippen LogP contribution is -2.25. The first-order chi connectivity index (χ1) is 4.16. The molecule has 0 fully saturated rings. The summed E-state index contributed by atoms with van der Waals surface area (Å²) in [6.07, 6.45) is 2.03. The first kappa shape index (κ1) is 6.55. The molecule has 1 rings (SSSR count). The van der Waals surface area contributed by atoms with Crippen molar-refractivity contribution in [3.05, 3.63) is 0 Å². The molecular weight excluding hydrogens is 142 g/mol. The minimum atomic E-state index is -0.933. The van der Waals surface area contributed by atoms with Gasteiger partial charge in [-0.05, 0) is 6.92 Å². The topological polar surface area (TPSA) is 38.7 Å². The van der Waals surface area contributed by atoms with Gasteiger partial charge in [-0.15, -0.1) is 0 Å². The van der Waals surface area contributed by atoms with E-state index >= 15 is 0 Å². The fraction of sp³-hybridized carbons (Fsp3) is 0.600. The Kier molecular flexibility index (Phi) is 1.45. The van der Waals surface area contributed by atoms with Crippen molar-refractivity contribution >= 4 is 23.1 Å². The third kappa shape index (κ3) is 1.21. The number of rotatable bonds is 1. The smallest absolute Gasteiger partial charge is 0.249 e. The number of carbonyl (C=O) groups excluding carboxylic acids is 1. The molecule has 0 aromatic heterocycles. The van der Waals surface area contributed by atoms with E-state index in [1.807, 2.05) is 0 Å². The highest BCUT2D eigenvalue weighted by atomic mass is 35.5. The molecule has 1 aliphatic rings. The van der Waals surface area contributed by atoms with Crippen LogP contribution < -0.4 is 0 Å². The van der Waals surface area contributed by atoms with Gasteiger partial charge in [0.1, 0.15) is 5.17 Å². The summed E-state index contributed by atoms with van der Waals surface area (Å²) < 4.78 is 0.